The fourth-order valence-corrected chi connectivity index (χ4v) is 5.41. The summed E-state index contributed by atoms with van der Waals surface area (Å²) in [4.78, 5) is 6.40. The minimum atomic E-state index is 0.576. The van der Waals surface area contributed by atoms with Crippen molar-refractivity contribution < 1.29 is 0 Å². The largest absolute Gasteiger partial charge is 0.321 e. The number of nitrogens with one attached hydrogen (secondary N) is 1. The molecular formula is C21H37N3S. The van der Waals surface area contributed by atoms with Gasteiger partial charge in [0.2, 0.25) is 0 Å². The molecule has 2 aliphatic rings. The summed E-state index contributed by atoms with van der Waals surface area (Å²) in [6.07, 6.45) is 17.5. The predicted molar refractivity (Wildman–Crippen MR) is 108 cm³/mol. The van der Waals surface area contributed by atoms with Crippen molar-refractivity contribution in [2.45, 2.75) is 109 Å². The maximum atomic E-state index is 5.13. The number of rotatable bonds is 7. The Balaban J connectivity index is 1.59. The van der Waals surface area contributed by atoms with E-state index in [9.17, 15) is 0 Å². The van der Waals surface area contributed by atoms with Gasteiger partial charge in [0, 0.05) is 36.6 Å². The summed E-state index contributed by atoms with van der Waals surface area (Å²) in [5.74, 6) is 0. The Morgan fingerprint density at radius 2 is 1.72 bits per heavy atom. The van der Waals surface area contributed by atoms with E-state index >= 15 is 0 Å². The molecule has 1 aromatic rings. The van der Waals surface area contributed by atoms with Crippen LogP contribution in [-0.2, 0) is 13.0 Å². The van der Waals surface area contributed by atoms with Crippen LogP contribution in [-0.4, -0.2) is 23.2 Å². The Bertz CT molecular complexity index is 546. The summed E-state index contributed by atoms with van der Waals surface area (Å²) in [5.41, 5.74) is 1.49. The van der Waals surface area contributed by atoms with Gasteiger partial charge >= 0.3 is 0 Å². The Kier molecular flexibility index (Phi) is 8.06. The molecule has 1 N–H and O–H groups in total. The second kappa shape index (κ2) is 10.5. The van der Waals surface area contributed by atoms with Crippen LogP contribution in [0.15, 0.2) is 10.4 Å². The molecule has 0 bridgehead atoms. The number of hydrogen-bond acceptors (Lipinski definition) is 3. The lowest BCUT2D eigenvalue weighted by atomic mass is 9.96. The van der Waals surface area contributed by atoms with Crippen LogP contribution >= 0.6 is 11.3 Å². The third-order valence-corrected chi connectivity index (χ3v) is 6.79. The monoisotopic (exact) mass is 363 g/mol. The van der Waals surface area contributed by atoms with Gasteiger partial charge in [-0.05, 0) is 32.1 Å². The molecule has 3 rings (SSSR count). The van der Waals surface area contributed by atoms with E-state index in [0.717, 1.165) is 25.6 Å². The first-order valence-electron chi connectivity index (χ1n) is 10.8. The van der Waals surface area contributed by atoms with Gasteiger partial charge in [-0.15, -0.1) is 11.3 Å². The van der Waals surface area contributed by atoms with E-state index in [0.29, 0.717) is 6.04 Å². The van der Waals surface area contributed by atoms with Gasteiger partial charge in [-0.1, -0.05) is 51.9 Å². The smallest absolute Gasteiger partial charge is 0.185 e. The second-order valence-electron chi connectivity index (χ2n) is 7.97. The summed E-state index contributed by atoms with van der Waals surface area (Å²) >= 11 is 1.87. The predicted octanol–water partition coefficient (Wildman–Crippen LogP) is 5.05. The minimum absolute atomic E-state index is 0.576. The Morgan fingerprint density at radius 1 is 1.04 bits per heavy atom. The first kappa shape index (κ1) is 19.2. The molecule has 0 amide bonds. The first-order chi connectivity index (χ1) is 12.4. The zero-order chi connectivity index (χ0) is 17.3. The van der Waals surface area contributed by atoms with Crippen molar-refractivity contribution in [2.24, 2.45) is 4.99 Å². The van der Waals surface area contributed by atoms with Crippen LogP contribution in [0.2, 0.25) is 0 Å². The fourth-order valence-electron chi connectivity index (χ4n) is 4.38. The highest BCUT2D eigenvalue weighted by molar-refractivity contribution is 7.07. The molecule has 2 aliphatic carbocycles. The maximum absolute atomic E-state index is 5.13. The molecule has 2 fully saturated rings. The maximum Gasteiger partial charge on any atom is 0.185 e. The highest BCUT2D eigenvalue weighted by Gasteiger charge is 2.14. The van der Waals surface area contributed by atoms with Gasteiger partial charge in [-0.25, -0.2) is 0 Å². The SMILES string of the molecule is CCCn1c(CCNC2CCCCCC2)csc1=NC1CCCCC1. The van der Waals surface area contributed by atoms with E-state index in [4.69, 9.17) is 4.99 Å². The lowest BCUT2D eigenvalue weighted by molar-refractivity contribution is 0.432. The van der Waals surface area contributed by atoms with Gasteiger partial charge in [-0.3, -0.25) is 4.99 Å². The lowest BCUT2D eigenvalue weighted by Crippen LogP contribution is -2.31. The fraction of sp³-hybridized carbons (Fsp3) is 0.857. The molecule has 0 radical (unpaired) electrons. The third-order valence-electron chi connectivity index (χ3n) is 5.86. The zero-order valence-corrected chi connectivity index (χ0v) is 17.0. The summed E-state index contributed by atoms with van der Waals surface area (Å²) in [6, 6.07) is 1.33. The van der Waals surface area contributed by atoms with E-state index in [1.165, 1.54) is 87.5 Å². The van der Waals surface area contributed by atoms with Crippen LogP contribution in [0.1, 0.15) is 89.7 Å². The van der Waals surface area contributed by atoms with E-state index in [1.807, 2.05) is 11.3 Å². The molecule has 142 valence electrons. The van der Waals surface area contributed by atoms with Crippen LogP contribution in [0.5, 0.6) is 0 Å². The molecule has 0 atom stereocenters. The van der Waals surface area contributed by atoms with Gasteiger partial charge < -0.3 is 9.88 Å². The molecule has 25 heavy (non-hydrogen) atoms. The minimum Gasteiger partial charge on any atom is -0.321 e. The summed E-state index contributed by atoms with van der Waals surface area (Å²) in [5, 5.41) is 6.20. The van der Waals surface area contributed by atoms with Crippen LogP contribution in [0.3, 0.4) is 0 Å². The van der Waals surface area contributed by atoms with E-state index in [1.54, 1.807) is 0 Å². The summed E-state index contributed by atoms with van der Waals surface area (Å²) in [6.45, 7) is 4.52. The molecule has 4 heteroatoms. The Labute approximate surface area is 158 Å². The molecule has 3 nitrogen and oxygen atoms in total. The van der Waals surface area contributed by atoms with Crippen molar-refractivity contribution in [2.75, 3.05) is 6.54 Å². The molecule has 1 aromatic heterocycles. The molecule has 0 aromatic carbocycles. The van der Waals surface area contributed by atoms with Crippen molar-refractivity contribution in [3.63, 3.8) is 0 Å². The van der Waals surface area contributed by atoms with Crippen LogP contribution < -0.4 is 10.1 Å². The van der Waals surface area contributed by atoms with Crippen LogP contribution in [0.25, 0.3) is 0 Å². The average molecular weight is 364 g/mol. The Hall–Kier alpha value is -0.610. The van der Waals surface area contributed by atoms with Crippen molar-refractivity contribution in [1.82, 2.24) is 9.88 Å². The molecule has 0 aliphatic heterocycles. The molecule has 2 saturated carbocycles. The highest BCUT2D eigenvalue weighted by Crippen LogP contribution is 2.20. The standard InChI is InChI=1S/C21H37N3S/c1-2-16-24-20(14-15-22-18-10-6-3-4-7-11-18)17-25-21(24)23-19-12-8-5-9-13-19/h17-19,22H,2-16H2,1H3. The number of thiazole rings is 1. The number of nitrogens with zero attached hydrogens (tertiary/aromatic N) is 2. The van der Waals surface area contributed by atoms with E-state index in [-0.39, 0.29) is 0 Å². The normalized spacial score (nSPS) is 21.6. The average Bonchev–Trinajstić information content (AvgIpc) is 2.84. The van der Waals surface area contributed by atoms with Crippen LogP contribution in [0, 0.1) is 0 Å². The van der Waals surface area contributed by atoms with Gasteiger partial charge in [-0.2, -0.15) is 0 Å². The highest BCUT2D eigenvalue weighted by atomic mass is 32.1. The van der Waals surface area contributed by atoms with Gasteiger partial charge in [0.1, 0.15) is 0 Å². The summed E-state index contributed by atoms with van der Waals surface area (Å²) in [7, 11) is 0. The van der Waals surface area contributed by atoms with Crippen molar-refractivity contribution in [3.05, 3.63) is 15.9 Å². The molecule has 0 unspecified atom stereocenters. The van der Waals surface area contributed by atoms with E-state index < -0.39 is 0 Å². The number of hydrogen-bond donors (Lipinski definition) is 1. The van der Waals surface area contributed by atoms with Crippen molar-refractivity contribution in [3.8, 4) is 0 Å². The van der Waals surface area contributed by atoms with Gasteiger partial charge in [0.15, 0.2) is 4.80 Å². The zero-order valence-electron chi connectivity index (χ0n) is 16.1. The molecular weight excluding hydrogens is 326 g/mol. The van der Waals surface area contributed by atoms with Crippen molar-refractivity contribution >= 4 is 11.3 Å². The van der Waals surface area contributed by atoms with Gasteiger partial charge in [0.05, 0.1) is 6.04 Å². The first-order valence-corrected chi connectivity index (χ1v) is 11.7. The topological polar surface area (TPSA) is 29.3 Å². The second-order valence-corrected chi connectivity index (χ2v) is 8.81. The number of aromatic nitrogens is 1. The Morgan fingerprint density at radius 3 is 2.44 bits per heavy atom. The van der Waals surface area contributed by atoms with E-state index in [2.05, 4.69) is 22.2 Å². The quantitative estimate of drug-likeness (QED) is 0.675. The summed E-state index contributed by atoms with van der Waals surface area (Å²) < 4.78 is 2.51. The molecule has 0 saturated heterocycles. The molecule has 0 spiro atoms. The molecule has 1 heterocycles. The van der Waals surface area contributed by atoms with Gasteiger partial charge in [0.25, 0.3) is 0 Å². The lowest BCUT2D eigenvalue weighted by Gasteiger charge is -2.18. The van der Waals surface area contributed by atoms with Crippen molar-refractivity contribution in [1.29, 1.82) is 0 Å². The third kappa shape index (κ3) is 5.96. The van der Waals surface area contributed by atoms with Crippen LogP contribution in [0.4, 0.5) is 0 Å².